The van der Waals surface area contributed by atoms with Crippen LogP contribution in [0, 0.1) is 12.8 Å². The first-order chi connectivity index (χ1) is 11.3. The molecule has 2 rings (SSSR count). The number of thioether (sulfide) groups is 1. The normalized spacial score (nSPS) is 12.5. The van der Waals surface area contributed by atoms with E-state index in [0.717, 1.165) is 16.9 Å². The second-order valence-electron chi connectivity index (χ2n) is 6.28. The molecule has 2 aromatic heterocycles. The molecule has 0 radical (unpaired) electrons. The third-order valence-corrected chi connectivity index (χ3v) is 4.44. The Balaban J connectivity index is 1.83. The molecule has 0 bridgehead atoms. The molecule has 0 saturated carbocycles. The summed E-state index contributed by atoms with van der Waals surface area (Å²) >= 11 is 1.43. The Morgan fingerprint density at radius 1 is 1.33 bits per heavy atom. The summed E-state index contributed by atoms with van der Waals surface area (Å²) in [5.74, 6) is -0.212. The van der Waals surface area contributed by atoms with Gasteiger partial charge < -0.3 is 14.8 Å². The number of amides is 1. The molecule has 0 saturated heterocycles. The number of aryl methyl sites for hydroxylation is 1. The van der Waals surface area contributed by atoms with Crippen LogP contribution >= 0.6 is 11.8 Å². The number of carboxylic acids is 1. The van der Waals surface area contributed by atoms with Crippen LogP contribution in [0.3, 0.4) is 0 Å². The van der Waals surface area contributed by atoms with E-state index in [1.54, 1.807) is 0 Å². The summed E-state index contributed by atoms with van der Waals surface area (Å²) in [6, 6.07) is 3.14. The Hall–Kier alpha value is -2.02. The van der Waals surface area contributed by atoms with Crippen molar-refractivity contribution in [1.82, 2.24) is 14.7 Å². The lowest BCUT2D eigenvalue weighted by molar-refractivity contribution is -0.141. The van der Waals surface area contributed by atoms with Gasteiger partial charge in [-0.1, -0.05) is 19.9 Å². The number of carboxylic acid groups (broad SMARTS) is 1. The molecule has 0 aromatic carbocycles. The Bertz CT molecular complexity index is 727. The minimum Gasteiger partial charge on any atom is -0.480 e. The number of rotatable bonds is 8. The molecule has 24 heavy (non-hydrogen) atoms. The molecule has 1 amide bonds. The van der Waals surface area contributed by atoms with Gasteiger partial charge in [-0.3, -0.25) is 4.79 Å². The molecule has 0 aliphatic heterocycles. The number of carbonyl (C=O) groups is 2. The average molecular weight is 349 g/mol. The van der Waals surface area contributed by atoms with Crippen molar-refractivity contribution in [3.63, 3.8) is 0 Å². The van der Waals surface area contributed by atoms with Crippen LogP contribution in [0.15, 0.2) is 24.5 Å². The number of nitrogens with zero attached hydrogens (tertiary/aromatic N) is 2. The third kappa shape index (κ3) is 5.26. The lowest BCUT2D eigenvalue weighted by Gasteiger charge is -2.16. The first kappa shape index (κ1) is 18.3. The zero-order chi connectivity index (χ0) is 17.7. The summed E-state index contributed by atoms with van der Waals surface area (Å²) in [5, 5.41) is 11.7. The molecule has 0 aliphatic rings. The number of fused-ring (bicyclic) bond motifs is 1. The number of imidazole rings is 1. The van der Waals surface area contributed by atoms with E-state index in [1.807, 2.05) is 49.7 Å². The maximum Gasteiger partial charge on any atom is 0.326 e. The topological polar surface area (TPSA) is 83.7 Å². The van der Waals surface area contributed by atoms with E-state index in [2.05, 4.69) is 10.3 Å². The monoisotopic (exact) mass is 349 g/mol. The van der Waals surface area contributed by atoms with Crippen molar-refractivity contribution in [1.29, 1.82) is 0 Å². The number of hydrogen-bond donors (Lipinski definition) is 2. The Morgan fingerprint density at radius 3 is 2.75 bits per heavy atom. The van der Waals surface area contributed by atoms with E-state index in [4.69, 9.17) is 5.11 Å². The third-order valence-electron chi connectivity index (χ3n) is 3.47. The summed E-state index contributed by atoms with van der Waals surface area (Å²) in [7, 11) is 0. The summed E-state index contributed by atoms with van der Waals surface area (Å²) < 4.78 is 1.97. The fraction of sp³-hybridized carbons (Fsp3) is 0.471. The summed E-state index contributed by atoms with van der Waals surface area (Å²) in [4.78, 5) is 27.6. The van der Waals surface area contributed by atoms with Gasteiger partial charge in [0.15, 0.2) is 0 Å². The van der Waals surface area contributed by atoms with Crippen LogP contribution in [-0.2, 0) is 15.3 Å². The zero-order valence-electron chi connectivity index (χ0n) is 14.2. The average Bonchev–Trinajstić information content (AvgIpc) is 2.87. The minimum absolute atomic E-state index is 0.209. The van der Waals surface area contributed by atoms with E-state index in [0.29, 0.717) is 12.2 Å². The van der Waals surface area contributed by atoms with Crippen molar-refractivity contribution in [3.8, 4) is 0 Å². The number of hydrogen-bond acceptors (Lipinski definition) is 4. The lowest BCUT2D eigenvalue weighted by Crippen LogP contribution is -2.42. The second-order valence-corrected chi connectivity index (χ2v) is 7.27. The van der Waals surface area contributed by atoms with Gasteiger partial charge in [-0.25, -0.2) is 9.78 Å². The SMILES string of the molecule is Cc1ccc2nc(CSCC(=O)N[C@@H](CC(C)C)C(=O)O)cn2c1. The predicted molar refractivity (Wildman–Crippen MR) is 95.1 cm³/mol. The molecule has 0 aliphatic carbocycles. The Labute approximate surface area is 145 Å². The van der Waals surface area contributed by atoms with Gasteiger partial charge in [-0.2, -0.15) is 0 Å². The fourth-order valence-electron chi connectivity index (χ4n) is 2.40. The Morgan fingerprint density at radius 2 is 2.08 bits per heavy atom. The van der Waals surface area contributed by atoms with E-state index in [9.17, 15) is 9.59 Å². The maximum atomic E-state index is 11.9. The zero-order valence-corrected chi connectivity index (χ0v) is 15.0. The number of carbonyl (C=O) groups excluding carboxylic acids is 1. The molecule has 1 atom stereocenters. The largest absolute Gasteiger partial charge is 0.480 e. The molecule has 130 valence electrons. The maximum absolute atomic E-state index is 11.9. The first-order valence-electron chi connectivity index (χ1n) is 7.89. The molecule has 0 fully saturated rings. The standard InChI is InChI=1S/C17H23N3O3S/c1-11(2)6-14(17(22)23)19-16(21)10-24-9-13-8-20-7-12(3)4-5-15(20)18-13/h4-5,7-8,11,14H,6,9-10H2,1-3H3,(H,19,21)(H,22,23)/t14-/m0/s1. The van der Waals surface area contributed by atoms with Gasteiger partial charge in [0.2, 0.25) is 5.91 Å². The van der Waals surface area contributed by atoms with Gasteiger partial charge >= 0.3 is 5.97 Å². The molecule has 7 heteroatoms. The van der Waals surface area contributed by atoms with Crippen molar-refractivity contribution in [2.24, 2.45) is 5.92 Å². The summed E-state index contributed by atoms with van der Waals surface area (Å²) in [5.41, 5.74) is 2.93. The smallest absolute Gasteiger partial charge is 0.326 e. The van der Waals surface area contributed by atoms with Crippen LogP contribution in [0.25, 0.3) is 5.65 Å². The van der Waals surface area contributed by atoms with Gasteiger partial charge in [0.25, 0.3) is 0 Å². The van der Waals surface area contributed by atoms with Crippen molar-refractivity contribution in [2.75, 3.05) is 5.75 Å². The highest BCUT2D eigenvalue weighted by Crippen LogP contribution is 2.14. The van der Waals surface area contributed by atoms with Crippen molar-refractivity contribution < 1.29 is 14.7 Å². The van der Waals surface area contributed by atoms with E-state index >= 15 is 0 Å². The molecule has 2 heterocycles. The molecule has 2 aromatic rings. The highest BCUT2D eigenvalue weighted by Gasteiger charge is 2.20. The van der Waals surface area contributed by atoms with Gasteiger partial charge in [0.1, 0.15) is 11.7 Å². The van der Waals surface area contributed by atoms with Crippen LogP contribution in [0.4, 0.5) is 0 Å². The number of aliphatic carboxylic acids is 1. The van der Waals surface area contributed by atoms with Gasteiger partial charge in [-0.05, 0) is 30.9 Å². The molecule has 2 N–H and O–H groups in total. The molecule has 6 nitrogen and oxygen atoms in total. The van der Waals surface area contributed by atoms with Crippen molar-refractivity contribution in [2.45, 2.75) is 39.0 Å². The summed E-state index contributed by atoms with van der Waals surface area (Å²) in [6.45, 7) is 5.89. The van der Waals surface area contributed by atoms with Crippen LogP contribution < -0.4 is 5.32 Å². The second kappa shape index (κ2) is 8.19. The van der Waals surface area contributed by atoms with Gasteiger partial charge in [0.05, 0.1) is 11.4 Å². The van der Waals surface area contributed by atoms with Crippen LogP contribution in [0.1, 0.15) is 31.5 Å². The Kier molecular flexibility index (Phi) is 6.25. The quantitative estimate of drug-likeness (QED) is 0.765. The van der Waals surface area contributed by atoms with Crippen molar-refractivity contribution >= 4 is 29.3 Å². The van der Waals surface area contributed by atoms with Crippen LogP contribution in [-0.4, -0.2) is 38.2 Å². The minimum atomic E-state index is -0.988. The van der Waals surface area contributed by atoms with Crippen LogP contribution in [0.5, 0.6) is 0 Å². The summed E-state index contributed by atoms with van der Waals surface area (Å²) in [6.07, 6.45) is 4.39. The molecule has 0 spiro atoms. The predicted octanol–water partition coefficient (Wildman–Crippen LogP) is 2.49. The highest BCUT2D eigenvalue weighted by atomic mass is 32.2. The molecular formula is C17H23N3O3S. The number of nitrogens with one attached hydrogen (secondary N) is 1. The highest BCUT2D eigenvalue weighted by molar-refractivity contribution is 7.99. The van der Waals surface area contributed by atoms with Crippen molar-refractivity contribution in [3.05, 3.63) is 35.8 Å². The van der Waals surface area contributed by atoms with E-state index < -0.39 is 12.0 Å². The van der Waals surface area contributed by atoms with Crippen LogP contribution in [0.2, 0.25) is 0 Å². The molecular weight excluding hydrogens is 326 g/mol. The lowest BCUT2D eigenvalue weighted by atomic mass is 10.0. The molecule has 0 unspecified atom stereocenters. The number of pyridine rings is 1. The van der Waals surface area contributed by atoms with E-state index in [-0.39, 0.29) is 17.6 Å². The number of aromatic nitrogens is 2. The first-order valence-corrected chi connectivity index (χ1v) is 9.04. The van der Waals surface area contributed by atoms with Gasteiger partial charge in [-0.15, -0.1) is 11.8 Å². The van der Waals surface area contributed by atoms with E-state index in [1.165, 1.54) is 11.8 Å². The fourth-order valence-corrected chi connectivity index (χ4v) is 3.12. The van der Waals surface area contributed by atoms with Gasteiger partial charge in [0, 0.05) is 18.1 Å².